The van der Waals surface area contributed by atoms with E-state index in [-0.39, 0.29) is 0 Å². The molecule has 0 unspecified atom stereocenters. The van der Waals surface area contributed by atoms with Crippen LogP contribution >= 0.6 is 0 Å². The highest BCUT2D eigenvalue weighted by Crippen LogP contribution is 2.15. The topological polar surface area (TPSA) is 33.3 Å². The van der Waals surface area contributed by atoms with E-state index in [0.717, 1.165) is 26.2 Å². The van der Waals surface area contributed by atoms with E-state index in [4.69, 9.17) is 4.74 Å². The van der Waals surface area contributed by atoms with Crippen LogP contribution in [-0.4, -0.2) is 26.2 Å². The second kappa shape index (κ2) is 5.99. The molecule has 2 N–H and O–H groups in total. The van der Waals surface area contributed by atoms with E-state index in [1.54, 1.807) is 0 Å². The standard InChI is InChI=1S/C13H20N2O/c1-2-16-10-11-3-5-12(6-4-11)13-9-14-7-8-15-13/h3-6,13-15H,2,7-10H2,1H3/t13-/m1/s1. The average molecular weight is 220 g/mol. The second-order valence-corrected chi connectivity index (χ2v) is 4.09. The van der Waals surface area contributed by atoms with Crippen LogP contribution in [0, 0.1) is 0 Å². The molecule has 1 aromatic carbocycles. The maximum absolute atomic E-state index is 5.38. The van der Waals surface area contributed by atoms with Gasteiger partial charge >= 0.3 is 0 Å². The van der Waals surface area contributed by atoms with Gasteiger partial charge in [-0.15, -0.1) is 0 Å². The second-order valence-electron chi connectivity index (χ2n) is 4.09. The third-order valence-electron chi connectivity index (χ3n) is 2.90. The van der Waals surface area contributed by atoms with Gasteiger partial charge in [-0.25, -0.2) is 0 Å². The molecule has 1 atom stereocenters. The van der Waals surface area contributed by atoms with Gasteiger partial charge in [0, 0.05) is 32.3 Å². The summed E-state index contributed by atoms with van der Waals surface area (Å²) in [6.45, 7) is 6.64. The predicted octanol–water partition coefficient (Wildman–Crippen LogP) is 1.46. The van der Waals surface area contributed by atoms with Crippen LogP contribution in [-0.2, 0) is 11.3 Å². The lowest BCUT2D eigenvalue weighted by Gasteiger charge is -2.25. The van der Waals surface area contributed by atoms with Gasteiger partial charge in [0.25, 0.3) is 0 Å². The molecule has 2 rings (SSSR count). The molecule has 0 aromatic heterocycles. The van der Waals surface area contributed by atoms with Crippen LogP contribution in [0.4, 0.5) is 0 Å². The van der Waals surface area contributed by atoms with E-state index >= 15 is 0 Å². The largest absolute Gasteiger partial charge is 0.377 e. The lowest BCUT2D eigenvalue weighted by molar-refractivity contribution is 0.134. The fourth-order valence-electron chi connectivity index (χ4n) is 1.96. The van der Waals surface area contributed by atoms with Gasteiger partial charge in [-0.2, -0.15) is 0 Å². The summed E-state index contributed by atoms with van der Waals surface area (Å²) < 4.78 is 5.38. The smallest absolute Gasteiger partial charge is 0.0716 e. The van der Waals surface area contributed by atoms with Gasteiger partial charge in [-0.1, -0.05) is 24.3 Å². The molecule has 0 saturated carbocycles. The molecular formula is C13H20N2O. The van der Waals surface area contributed by atoms with Crippen molar-refractivity contribution in [2.24, 2.45) is 0 Å². The number of rotatable bonds is 4. The molecule has 16 heavy (non-hydrogen) atoms. The van der Waals surface area contributed by atoms with Crippen LogP contribution in [0.25, 0.3) is 0 Å². The fourth-order valence-corrected chi connectivity index (χ4v) is 1.96. The Kier molecular flexibility index (Phi) is 4.34. The number of hydrogen-bond acceptors (Lipinski definition) is 3. The molecule has 1 heterocycles. The zero-order valence-corrected chi connectivity index (χ0v) is 9.83. The summed E-state index contributed by atoms with van der Waals surface area (Å²) in [5.41, 5.74) is 2.60. The highest BCUT2D eigenvalue weighted by atomic mass is 16.5. The zero-order valence-electron chi connectivity index (χ0n) is 9.83. The van der Waals surface area contributed by atoms with Crippen LogP contribution in [0.5, 0.6) is 0 Å². The molecule has 1 saturated heterocycles. The maximum Gasteiger partial charge on any atom is 0.0716 e. The van der Waals surface area contributed by atoms with Crippen molar-refractivity contribution in [3.05, 3.63) is 35.4 Å². The minimum absolute atomic E-state index is 0.454. The van der Waals surface area contributed by atoms with Crippen LogP contribution in [0.3, 0.4) is 0 Å². The van der Waals surface area contributed by atoms with Gasteiger partial charge in [-0.3, -0.25) is 0 Å². The first kappa shape index (κ1) is 11.6. The molecule has 0 amide bonds. The van der Waals surface area contributed by atoms with E-state index in [1.165, 1.54) is 11.1 Å². The van der Waals surface area contributed by atoms with E-state index in [1.807, 2.05) is 6.92 Å². The molecule has 1 aliphatic heterocycles. The fraction of sp³-hybridized carbons (Fsp3) is 0.538. The Labute approximate surface area is 97.2 Å². The van der Waals surface area contributed by atoms with Gasteiger partial charge < -0.3 is 15.4 Å². The molecule has 0 radical (unpaired) electrons. The monoisotopic (exact) mass is 220 g/mol. The van der Waals surface area contributed by atoms with Crippen molar-refractivity contribution in [1.82, 2.24) is 10.6 Å². The Morgan fingerprint density at radius 3 is 2.69 bits per heavy atom. The Hall–Kier alpha value is -0.900. The summed E-state index contributed by atoms with van der Waals surface area (Å²) in [6, 6.07) is 9.15. The van der Waals surface area contributed by atoms with Crippen molar-refractivity contribution in [2.45, 2.75) is 19.6 Å². The zero-order chi connectivity index (χ0) is 11.2. The van der Waals surface area contributed by atoms with Gasteiger partial charge in [0.15, 0.2) is 0 Å². The molecule has 0 aliphatic carbocycles. The van der Waals surface area contributed by atoms with Crippen molar-refractivity contribution in [3.8, 4) is 0 Å². The minimum atomic E-state index is 0.454. The van der Waals surface area contributed by atoms with Gasteiger partial charge in [0.1, 0.15) is 0 Å². The summed E-state index contributed by atoms with van der Waals surface area (Å²) in [5, 5.41) is 6.90. The number of ether oxygens (including phenoxy) is 1. The first-order valence-electron chi connectivity index (χ1n) is 6.01. The number of nitrogens with one attached hydrogen (secondary N) is 2. The van der Waals surface area contributed by atoms with Crippen molar-refractivity contribution >= 4 is 0 Å². The van der Waals surface area contributed by atoms with Crippen LogP contribution < -0.4 is 10.6 Å². The first-order chi connectivity index (χ1) is 7.90. The third kappa shape index (κ3) is 3.04. The van der Waals surface area contributed by atoms with E-state index in [0.29, 0.717) is 12.6 Å². The van der Waals surface area contributed by atoms with Crippen molar-refractivity contribution in [2.75, 3.05) is 26.2 Å². The van der Waals surface area contributed by atoms with Crippen LogP contribution in [0.15, 0.2) is 24.3 Å². The Bertz CT molecular complexity index is 304. The molecule has 1 fully saturated rings. The van der Waals surface area contributed by atoms with Crippen LogP contribution in [0.2, 0.25) is 0 Å². The predicted molar refractivity (Wildman–Crippen MR) is 65.4 cm³/mol. The summed E-state index contributed by atoms with van der Waals surface area (Å²) in [6.07, 6.45) is 0. The van der Waals surface area contributed by atoms with Gasteiger partial charge in [0.05, 0.1) is 6.61 Å². The Balaban J connectivity index is 1.95. The molecule has 1 aromatic rings. The van der Waals surface area contributed by atoms with E-state index < -0.39 is 0 Å². The highest BCUT2D eigenvalue weighted by Gasteiger charge is 2.13. The molecule has 0 bridgehead atoms. The minimum Gasteiger partial charge on any atom is -0.377 e. The lowest BCUT2D eigenvalue weighted by atomic mass is 10.0. The van der Waals surface area contributed by atoms with Crippen molar-refractivity contribution in [3.63, 3.8) is 0 Å². The Morgan fingerprint density at radius 1 is 1.25 bits per heavy atom. The molecule has 0 spiro atoms. The summed E-state index contributed by atoms with van der Waals surface area (Å²) >= 11 is 0. The van der Waals surface area contributed by atoms with Gasteiger partial charge in [-0.05, 0) is 18.1 Å². The SMILES string of the molecule is CCOCc1ccc([C@H]2CNCCN2)cc1. The average Bonchev–Trinajstić information content (AvgIpc) is 2.38. The molecular weight excluding hydrogens is 200 g/mol. The molecule has 88 valence electrons. The quantitative estimate of drug-likeness (QED) is 0.806. The maximum atomic E-state index is 5.38. The van der Waals surface area contributed by atoms with E-state index in [9.17, 15) is 0 Å². The normalized spacial score (nSPS) is 20.9. The van der Waals surface area contributed by atoms with Crippen LogP contribution in [0.1, 0.15) is 24.1 Å². The van der Waals surface area contributed by atoms with Gasteiger partial charge in [0.2, 0.25) is 0 Å². The Morgan fingerprint density at radius 2 is 2.06 bits per heavy atom. The lowest BCUT2D eigenvalue weighted by Crippen LogP contribution is -2.42. The summed E-state index contributed by atoms with van der Waals surface area (Å²) in [4.78, 5) is 0. The molecule has 3 nitrogen and oxygen atoms in total. The number of hydrogen-bond donors (Lipinski definition) is 2. The first-order valence-corrected chi connectivity index (χ1v) is 6.01. The molecule has 1 aliphatic rings. The molecule has 3 heteroatoms. The van der Waals surface area contributed by atoms with Crippen molar-refractivity contribution < 1.29 is 4.74 Å². The summed E-state index contributed by atoms with van der Waals surface area (Å²) in [7, 11) is 0. The number of piperazine rings is 1. The third-order valence-corrected chi connectivity index (χ3v) is 2.90. The highest BCUT2D eigenvalue weighted by molar-refractivity contribution is 5.25. The number of benzene rings is 1. The summed E-state index contributed by atoms with van der Waals surface area (Å²) in [5.74, 6) is 0. The van der Waals surface area contributed by atoms with Crippen molar-refractivity contribution in [1.29, 1.82) is 0 Å². The van der Waals surface area contributed by atoms with E-state index in [2.05, 4.69) is 34.9 Å².